The molecule has 0 heterocycles. The molecule has 0 aliphatic rings. The summed E-state index contributed by atoms with van der Waals surface area (Å²) in [5, 5.41) is 0. The van der Waals surface area contributed by atoms with E-state index in [2.05, 4.69) is 8.80 Å². The second-order valence-corrected chi connectivity index (χ2v) is 6.31. The fraction of sp³-hybridized carbons (Fsp3) is 0.125. The molecule has 26 heavy (non-hydrogen) atoms. The van der Waals surface area contributed by atoms with Crippen molar-refractivity contribution in [3.05, 3.63) is 71.8 Å². The van der Waals surface area contributed by atoms with Gasteiger partial charge in [-0.2, -0.15) is 35.1 Å². The highest BCUT2D eigenvalue weighted by Crippen LogP contribution is 2.33. The van der Waals surface area contributed by atoms with Crippen LogP contribution in [0.4, 0.5) is 26.3 Å². The van der Waals surface area contributed by atoms with Gasteiger partial charge in [-0.1, -0.05) is 60.7 Å². The topological polar surface area (TPSA) is 24.7 Å². The maximum Gasteiger partial charge on any atom is 0.434 e. The molecule has 0 aliphatic heterocycles. The van der Waals surface area contributed by atoms with Crippen molar-refractivity contribution >= 4 is 33.4 Å². The Morgan fingerprint density at radius 2 is 0.885 bits per heavy atom. The maximum absolute atomic E-state index is 13.1. The molecule has 0 atom stereocenters. The molecule has 0 spiro atoms. The van der Waals surface area contributed by atoms with Gasteiger partial charge in [-0.15, -0.1) is 0 Å². The van der Waals surface area contributed by atoms with Crippen LogP contribution < -0.4 is 0 Å². The summed E-state index contributed by atoms with van der Waals surface area (Å²) in [5.41, 5.74) is -2.76. The highest BCUT2D eigenvalue weighted by atomic mass is 33.1. The molecule has 0 N–H and O–H groups in total. The predicted octanol–water partition coefficient (Wildman–Crippen LogP) is 6.30. The molecule has 0 unspecified atom stereocenters. The Bertz CT molecular complexity index is 703. The highest BCUT2D eigenvalue weighted by Gasteiger charge is 2.38. The average molecular weight is 408 g/mol. The first kappa shape index (κ1) is 20.4. The van der Waals surface area contributed by atoms with E-state index in [0.29, 0.717) is 0 Å². The minimum Gasteiger partial charge on any atom is -0.198 e. The minimum absolute atomic E-state index is 0.184. The van der Waals surface area contributed by atoms with E-state index in [1.165, 1.54) is 48.5 Å². The van der Waals surface area contributed by atoms with E-state index in [-0.39, 0.29) is 33.1 Å². The van der Waals surface area contributed by atoms with Crippen molar-refractivity contribution in [1.29, 1.82) is 0 Å². The molecule has 0 aromatic heterocycles. The lowest BCUT2D eigenvalue weighted by atomic mass is 10.1. The molecule has 2 rings (SSSR count). The smallest absolute Gasteiger partial charge is 0.198 e. The van der Waals surface area contributed by atoms with Gasteiger partial charge in [0.2, 0.25) is 0 Å². The van der Waals surface area contributed by atoms with E-state index >= 15 is 0 Å². The van der Waals surface area contributed by atoms with Gasteiger partial charge in [-0.05, 0) is 0 Å². The number of hydrogen-bond acceptors (Lipinski definition) is 4. The van der Waals surface area contributed by atoms with Crippen LogP contribution in [0.1, 0.15) is 11.1 Å². The van der Waals surface area contributed by atoms with Gasteiger partial charge in [-0.25, -0.2) is 0 Å². The number of hydrogen-bond donors (Lipinski definition) is 0. The fourth-order valence-corrected chi connectivity index (χ4v) is 3.12. The predicted molar refractivity (Wildman–Crippen MR) is 93.2 cm³/mol. The summed E-state index contributed by atoms with van der Waals surface area (Å²) in [6.07, 6.45) is -9.49. The molecular weight excluding hydrogens is 398 g/mol. The van der Waals surface area contributed by atoms with Crippen molar-refractivity contribution in [2.45, 2.75) is 12.4 Å². The van der Waals surface area contributed by atoms with Crippen molar-refractivity contribution in [2.75, 3.05) is 0 Å². The van der Waals surface area contributed by atoms with Crippen LogP contribution in [-0.4, -0.2) is 23.8 Å². The Labute approximate surface area is 153 Å². The Hall–Kier alpha value is -1.94. The third-order valence-corrected chi connectivity index (χ3v) is 4.15. The quantitative estimate of drug-likeness (QED) is 0.191. The SMILES string of the molecule is FC(F)(F)/C(=N/SS/N=C(\c1ccccc1)C(F)(F)F)c1ccccc1. The van der Waals surface area contributed by atoms with Gasteiger partial charge in [0.25, 0.3) is 0 Å². The third-order valence-electron chi connectivity index (χ3n) is 2.92. The summed E-state index contributed by atoms with van der Waals surface area (Å²) in [5.74, 6) is 0. The van der Waals surface area contributed by atoms with Crippen molar-refractivity contribution in [3.8, 4) is 0 Å². The highest BCUT2D eigenvalue weighted by molar-refractivity contribution is 8.75. The molecule has 138 valence electrons. The summed E-state index contributed by atoms with van der Waals surface area (Å²) in [6.45, 7) is 0. The number of rotatable bonds is 5. The Balaban J connectivity index is 2.21. The van der Waals surface area contributed by atoms with Gasteiger partial charge in [0.05, 0.1) is 22.0 Å². The first-order valence-corrected chi connectivity index (χ1v) is 9.00. The van der Waals surface area contributed by atoms with E-state index in [0.717, 1.165) is 0 Å². The van der Waals surface area contributed by atoms with E-state index in [4.69, 9.17) is 0 Å². The lowest BCUT2D eigenvalue weighted by Gasteiger charge is -2.11. The van der Waals surface area contributed by atoms with Gasteiger partial charge in [0.15, 0.2) is 11.4 Å². The van der Waals surface area contributed by atoms with Crippen LogP contribution >= 0.6 is 22.0 Å². The maximum atomic E-state index is 13.1. The average Bonchev–Trinajstić information content (AvgIpc) is 2.57. The molecule has 0 fully saturated rings. The molecule has 2 aromatic rings. The zero-order valence-electron chi connectivity index (χ0n) is 12.8. The lowest BCUT2D eigenvalue weighted by Crippen LogP contribution is -2.23. The molecule has 0 aliphatic carbocycles. The zero-order chi connectivity index (χ0) is 19.2. The van der Waals surface area contributed by atoms with Gasteiger partial charge < -0.3 is 0 Å². The number of nitrogens with zero attached hydrogens (tertiary/aromatic N) is 2. The van der Waals surface area contributed by atoms with E-state index in [1.54, 1.807) is 12.1 Å². The van der Waals surface area contributed by atoms with E-state index < -0.39 is 23.8 Å². The largest absolute Gasteiger partial charge is 0.434 e. The molecule has 2 aromatic carbocycles. The van der Waals surface area contributed by atoms with Crippen molar-refractivity contribution in [1.82, 2.24) is 0 Å². The number of benzene rings is 2. The molecule has 10 heteroatoms. The summed E-state index contributed by atoms with van der Waals surface area (Å²) in [4.78, 5) is 0. The first-order valence-electron chi connectivity index (χ1n) is 6.93. The van der Waals surface area contributed by atoms with Crippen LogP contribution in [0.15, 0.2) is 69.5 Å². The summed E-state index contributed by atoms with van der Waals surface area (Å²) in [7, 11) is 0.439. The summed E-state index contributed by atoms with van der Waals surface area (Å²) >= 11 is 0. The van der Waals surface area contributed by atoms with Crippen molar-refractivity contribution in [2.24, 2.45) is 8.80 Å². The molecule has 0 amide bonds. The molecule has 2 nitrogen and oxygen atoms in total. The Kier molecular flexibility index (Phi) is 6.76. The summed E-state index contributed by atoms with van der Waals surface area (Å²) in [6, 6.07) is 13.6. The second kappa shape index (κ2) is 8.63. The van der Waals surface area contributed by atoms with Crippen molar-refractivity contribution < 1.29 is 26.3 Å². The third kappa shape index (κ3) is 5.80. The van der Waals surface area contributed by atoms with Crippen LogP contribution in [-0.2, 0) is 0 Å². The molecule has 0 saturated carbocycles. The van der Waals surface area contributed by atoms with Gasteiger partial charge in [0, 0.05) is 11.1 Å². The number of alkyl halides is 6. The van der Waals surface area contributed by atoms with E-state index in [1.807, 2.05) is 0 Å². The van der Waals surface area contributed by atoms with Crippen LogP contribution in [0, 0.1) is 0 Å². The Morgan fingerprint density at radius 1 is 0.577 bits per heavy atom. The minimum atomic E-state index is -4.75. The second-order valence-electron chi connectivity index (χ2n) is 4.76. The number of halogens is 6. The Morgan fingerprint density at radius 3 is 1.15 bits per heavy atom. The first-order chi connectivity index (χ1) is 12.2. The normalized spacial score (nSPS) is 13.8. The van der Waals surface area contributed by atoms with E-state index in [9.17, 15) is 26.3 Å². The van der Waals surface area contributed by atoms with Gasteiger partial charge in [0.1, 0.15) is 0 Å². The van der Waals surface area contributed by atoms with Crippen LogP contribution in [0.5, 0.6) is 0 Å². The molecule has 0 radical (unpaired) electrons. The molecular formula is C16H10F6N2S2. The van der Waals surface area contributed by atoms with Crippen molar-refractivity contribution in [3.63, 3.8) is 0 Å². The van der Waals surface area contributed by atoms with Crippen LogP contribution in [0.3, 0.4) is 0 Å². The van der Waals surface area contributed by atoms with Gasteiger partial charge in [-0.3, -0.25) is 0 Å². The monoisotopic (exact) mass is 408 g/mol. The molecule has 0 bridgehead atoms. The standard InChI is InChI=1S/C16H10F6N2S2/c17-15(18,19)13(11-7-3-1-4-8-11)23-25-26-24-14(16(20,21)22)12-9-5-2-6-10-12/h1-10H/b23-13+,24-14+. The van der Waals surface area contributed by atoms with Crippen LogP contribution in [0.25, 0.3) is 0 Å². The summed E-state index contributed by atoms with van der Waals surface area (Å²) < 4.78 is 85.1. The van der Waals surface area contributed by atoms with Crippen LogP contribution in [0.2, 0.25) is 0 Å². The molecule has 0 saturated heterocycles. The van der Waals surface area contributed by atoms with Gasteiger partial charge >= 0.3 is 12.4 Å². The fourth-order valence-electron chi connectivity index (χ4n) is 1.84. The zero-order valence-corrected chi connectivity index (χ0v) is 14.4. The lowest BCUT2D eigenvalue weighted by molar-refractivity contribution is -0.0586.